The van der Waals surface area contributed by atoms with Crippen LogP contribution in [-0.4, -0.2) is 47.3 Å². The van der Waals surface area contributed by atoms with Gasteiger partial charge < -0.3 is 15.5 Å². The van der Waals surface area contributed by atoms with Crippen molar-refractivity contribution >= 4 is 28.5 Å². The standard InChI is InChI=1S/C29H36N4O3/c1-7-18(15-30)31-26(35)23-22-21(29(22,5)6)16-33(23)27(36)24(28(2,3)4)32-25(34)20-14-10-12-17-11-8-9-13-19(17)20/h8-14,18,21-24H,7,16H2,1-6H3,(H,31,35)(H,32,34)/t18-,21-,22-,23-,24+/m0/s1. The Bertz CT molecular complexity index is 1230. The zero-order valence-electron chi connectivity index (χ0n) is 22.0. The number of nitrogens with one attached hydrogen (secondary N) is 2. The minimum absolute atomic E-state index is 0.0343. The van der Waals surface area contributed by atoms with Crippen LogP contribution in [0, 0.1) is 34.0 Å². The summed E-state index contributed by atoms with van der Waals surface area (Å²) in [6, 6.07) is 13.2. The largest absolute Gasteiger partial charge is 0.340 e. The monoisotopic (exact) mass is 488 g/mol. The van der Waals surface area contributed by atoms with Crippen LogP contribution in [0.3, 0.4) is 0 Å². The number of piperidine rings is 1. The number of hydrogen-bond acceptors (Lipinski definition) is 4. The Morgan fingerprint density at radius 1 is 1.11 bits per heavy atom. The molecule has 0 unspecified atom stereocenters. The Morgan fingerprint density at radius 2 is 1.78 bits per heavy atom. The zero-order valence-corrected chi connectivity index (χ0v) is 22.0. The molecule has 3 amide bonds. The maximum Gasteiger partial charge on any atom is 0.252 e. The van der Waals surface area contributed by atoms with E-state index in [2.05, 4.69) is 30.6 Å². The highest BCUT2D eigenvalue weighted by Crippen LogP contribution is 2.65. The average Bonchev–Trinajstić information content (AvgIpc) is 3.17. The SMILES string of the molecule is CC[C@@H](C#N)NC(=O)[C@@H]1[C@@H]2[C@H](CN1C(=O)[C@@H](NC(=O)c1cccc3ccccc13)C(C)(C)C)C2(C)C. The number of nitriles is 1. The molecule has 2 N–H and O–H groups in total. The summed E-state index contributed by atoms with van der Waals surface area (Å²) in [5.74, 6) is -0.616. The van der Waals surface area contributed by atoms with Crippen LogP contribution in [0.5, 0.6) is 0 Å². The molecule has 7 heteroatoms. The molecule has 2 aromatic carbocycles. The van der Waals surface area contributed by atoms with Crippen molar-refractivity contribution in [2.24, 2.45) is 22.7 Å². The number of rotatable bonds is 6. The van der Waals surface area contributed by atoms with Crippen molar-refractivity contribution in [1.29, 1.82) is 5.26 Å². The fourth-order valence-corrected chi connectivity index (χ4v) is 5.74. The second-order valence-corrected chi connectivity index (χ2v) is 11.8. The Balaban J connectivity index is 1.62. The molecule has 0 aromatic heterocycles. The van der Waals surface area contributed by atoms with Gasteiger partial charge >= 0.3 is 0 Å². The number of fused-ring (bicyclic) bond motifs is 2. The summed E-state index contributed by atoms with van der Waals surface area (Å²) in [5, 5.41) is 16.9. The molecule has 7 nitrogen and oxygen atoms in total. The molecule has 1 aliphatic carbocycles. The highest BCUT2D eigenvalue weighted by Gasteiger charge is 2.69. The van der Waals surface area contributed by atoms with E-state index in [0.29, 0.717) is 18.5 Å². The Hall–Kier alpha value is -3.40. The first-order valence-corrected chi connectivity index (χ1v) is 12.7. The van der Waals surface area contributed by atoms with Crippen molar-refractivity contribution < 1.29 is 14.4 Å². The van der Waals surface area contributed by atoms with E-state index >= 15 is 0 Å². The van der Waals surface area contributed by atoms with E-state index < -0.39 is 23.5 Å². The number of carbonyl (C=O) groups is 3. The van der Waals surface area contributed by atoms with Gasteiger partial charge in [-0.3, -0.25) is 14.4 Å². The van der Waals surface area contributed by atoms with Gasteiger partial charge in [0.05, 0.1) is 6.07 Å². The fraction of sp³-hybridized carbons (Fsp3) is 0.517. The molecule has 0 spiro atoms. The van der Waals surface area contributed by atoms with Crippen LogP contribution >= 0.6 is 0 Å². The molecular weight excluding hydrogens is 452 g/mol. The predicted octanol–water partition coefficient (Wildman–Crippen LogP) is 3.89. The van der Waals surface area contributed by atoms with Gasteiger partial charge in [-0.1, -0.05) is 77.9 Å². The summed E-state index contributed by atoms with van der Waals surface area (Å²) in [7, 11) is 0. The van der Waals surface area contributed by atoms with Gasteiger partial charge in [-0.2, -0.15) is 5.26 Å². The molecule has 190 valence electrons. The third kappa shape index (κ3) is 4.45. The van der Waals surface area contributed by atoms with E-state index in [0.717, 1.165) is 10.8 Å². The molecule has 1 saturated carbocycles. The van der Waals surface area contributed by atoms with Gasteiger partial charge in [0.2, 0.25) is 11.8 Å². The molecule has 1 aliphatic heterocycles. The van der Waals surface area contributed by atoms with Crippen molar-refractivity contribution in [2.45, 2.75) is 66.1 Å². The first-order chi connectivity index (χ1) is 16.9. The highest BCUT2D eigenvalue weighted by atomic mass is 16.2. The van der Waals surface area contributed by atoms with Crippen molar-refractivity contribution in [3.8, 4) is 6.07 Å². The summed E-state index contributed by atoms with van der Waals surface area (Å²) in [5.41, 5.74) is -0.120. The number of hydrogen-bond donors (Lipinski definition) is 2. The lowest BCUT2D eigenvalue weighted by Gasteiger charge is -2.37. The van der Waals surface area contributed by atoms with E-state index in [1.165, 1.54) is 0 Å². The smallest absolute Gasteiger partial charge is 0.252 e. The molecule has 2 aromatic rings. The van der Waals surface area contributed by atoms with Crippen LogP contribution in [0.25, 0.3) is 10.8 Å². The minimum atomic E-state index is -0.821. The van der Waals surface area contributed by atoms with E-state index in [1.807, 2.05) is 64.1 Å². The van der Waals surface area contributed by atoms with Gasteiger partial charge in [-0.15, -0.1) is 0 Å². The van der Waals surface area contributed by atoms with Gasteiger partial charge in [0.1, 0.15) is 18.1 Å². The number of likely N-dealkylation sites (tertiary alicyclic amines) is 1. The summed E-state index contributed by atoms with van der Waals surface area (Å²) in [6.07, 6.45) is 0.492. The van der Waals surface area contributed by atoms with Crippen LogP contribution in [0.1, 0.15) is 58.3 Å². The van der Waals surface area contributed by atoms with Gasteiger partial charge in [0, 0.05) is 12.1 Å². The number of amides is 3. The molecule has 5 atom stereocenters. The molecular formula is C29H36N4O3. The third-order valence-electron chi connectivity index (χ3n) is 8.06. The number of benzene rings is 2. The topological polar surface area (TPSA) is 102 Å². The Kier molecular flexibility index (Phi) is 6.59. The molecule has 36 heavy (non-hydrogen) atoms. The lowest BCUT2D eigenvalue weighted by atomic mass is 9.84. The quantitative estimate of drug-likeness (QED) is 0.644. The first kappa shape index (κ1) is 25.7. The van der Waals surface area contributed by atoms with E-state index in [4.69, 9.17) is 0 Å². The first-order valence-electron chi connectivity index (χ1n) is 12.7. The molecule has 2 aliphatic rings. The minimum Gasteiger partial charge on any atom is -0.340 e. The molecule has 4 rings (SSSR count). The number of carbonyl (C=O) groups excluding carboxylic acids is 3. The van der Waals surface area contributed by atoms with Crippen molar-refractivity contribution in [3.05, 3.63) is 48.0 Å². The lowest BCUT2D eigenvalue weighted by molar-refractivity contribution is -0.143. The highest BCUT2D eigenvalue weighted by molar-refractivity contribution is 6.08. The molecule has 0 bridgehead atoms. The third-order valence-corrected chi connectivity index (χ3v) is 8.06. The molecule has 1 heterocycles. The fourth-order valence-electron chi connectivity index (χ4n) is 5.74. The van der Waals surface area contributed by atoms with Crippen molar-refractivity contribution in [3.63, 3.8) is 0 Å². The molecule has 0 radical (unpaired) electrons. The zero-order chi connectivity index (χ0) is 26.4. The van der Waals surface area contributed by atoms with Crippen LogP contribution in [0.15, 0.2) is 42.5 Å². The number of nitrogens with zero attached hydrogens (tertiary/aromatic N) is 2. The maximum atomic E-state index is 14.0. The molecule has 2 fully saturated rings. The van der Waals surface area contributed by atoms with E-state index in [9.17, 15) is 19.6 Å². The van der Waals surface area contributed by atoms with Crippen LogP contribution < -0.4 is 10.6 Å². The average molecular weight is 489 g/mol. The second kappa shape index (κ2) is 9.24. The second-order valence-electron chi connectivity index (χ2n) is 11.8. The van der Waals surface area contributed by atoms with Crippen molar-refractivity contribution in [1.82, 2.24) is 15.5 Å². The van der Waals surface area contributed by atoms with Crippen LogP contribution in [-0.2, 0) is 9.59 Å². The summed E-state index contributed by atoms with van der Waals surface area (Å²) < 4.78 is 0. The Morgan fingerprint density at radius 3 is 2.42 bits per heavy atom. The Labute approximate surface area is 213 Å². The summed E-state index contributed by atoms with van der Waals surface area (Å²) in [6.45, 7) is 12.3. The van der Waals surface area contributed by atoms with Gasteiger partial charge in [-0.25, -0.2) is 0 Å². The van der Waals surface area contributed by atoms with Crippen LogP contribution in [0.2, 0.25) is 0 Å². The van der Waals surface area contributed by atoms with E-state index in [-0.39, 0.29) is 35.0 Å². The normalized spacial score (nSPS) is 23.8. The predicted molar refractivity (Wildman–Crippen MR) is 139 cm³/mol. The van der Waals surface area contributed by atoms with Gasteiger partial charge in [0.25, 0.3) is 5.91 Å². The van der Waals surface area contributed by atoms with Gasteiger partial charge in [-0.05, 0) is 45.9 Å². The van der Waals surface area contributed by atoms with Crippen molar-refractivity contribution in [2.75, 3.05) is 6.54 Å². The summed E-state index contributed by atoms with van der Waals surface area (Å²) >= 11 is 0. The van der Waals surface area contributed by atoms with Crippen LogP contribution in [0.4, 0.5) is 0 Å². The lowest BCUT2D eigenvalue weighted by Crippen LogP contribution is -2.59. The maximum absolute atomic E-state index is 14.0. The van der Waals surface area contributed by atoms with Gasteiger partial charge in [0.15, 0.2) is 0 Å². The van der Waals surface area contributed by atoms with E-state index in [1.54, 1.807) is 11.0 Å². The summed E-state index contributed by atoms with van der Waals surface area (Å²) in [4.78, 5) is 42.4. The molecule has 1 saturated heterocycles.